The van der Waals surface area contributed by atoms with Crippen LogP contribution in [-0.4, -0.2) is 45.5 Å². The van der Waals surface area contributed by atoms with Gasteiger partial charge in [0.2, 0.25) is 0 Å². The maximum Gasteiger partial charge on any atom is 0.269 e. The predicted octanol–water partition coefficient (Wildman–Crippen LogP) is 1.67. The van der Waals surface area contributed by atoms with E-state index in [9.17, 15) is 13.2 Å². The summed E-state index contributed by atoms with van der Waals surface area (Å²) < 4.78 is 27.7. The summed E-state index contributed by atoms with van der Waals surface area (Å²) in [5, 5.41) is 8.78. The Morgan fingerprint density at radius 2 is 1.83 bits per heavy atom. The molecule has 3 heterocycles. The number of rotatable bonds is 4. The van der Waals surface area contributed by atoms with Gasteiger partial charge in [-0.1, -0.05) is 30.0 Å². The number of thioether (sulfide) groups is 1. The summed E-state index contributed by atoms with van der Waals surface area (Å²) in [4.78, 5) is 12.4. The molecular weight excluding hydrogens is 348 g/mol. The Bertz CT molecular complexity index is 1050. The number of sulfonamides is 1. The third-order valence-corrected chi connectivity index (χ3v) is 6.48. The number of amides is 1. The van der Waals surface area contributed by atoms with Crippen molar-refractivity contribution in [3.05, 3.63) is 54.2 Å². The molecule has 0 atom stereocenters. The highest BCUT2D eigenvalue weighted by atomic mass is 32.2. The SMILES string of the molecule is O=C1c2ccccc2S(=O)(=O)N1CCSc1nnc2ccccn12. The number of hydrogen-bond donors (Lipinski definition) is 0. The second kappa shape index (κ2) is 5.60. The van der Waals surface area contributed by atoms with Gasteiger partial charge in [0, 0.05) is 18.5 Å². The molecule has 0 N–H and O–H groups in total. The average Bonchev–Trinajstić information content (AvgIpc) is 3.08. The summed E-state index contributed by atoms with van der Waals surface area (Å²) >= 11 is 1.36. The summed E-state index contributed by atoms with van der Waals surface area (Å²) in [7, 11) is -3.75. The Balaban J connectivity index is 1.52. The van der Waals surface area contributed by atoms with Crippen molar-refractivity contribution in [2.45, 2.75) is 10.1 Å². The van der Waals surface area contributed by atoms with Crippen molar-refractivity contribution in [3.8, 4) is 0 Å². The zero-order valence-corrected chi connectivity index (χ0v) is 14.0. The third-order valence-electron chi connectivity index (χ3n) is 3.72. The lowest BCUT2D eigenvalue weighted by Gasteiger charge is -2.14. The molecule has 0 radical (unpaired) electrons. The molecule has 0 fully saturated rings. The molecule has 24 heavy (non-hydrogen) atoms. The fourth-order valence-electron chi connectivity index (χ4n) is 2.59. The van der Waals surface area contributed by atoms with E-state index in [1.165, 1.54) is 23.9 Å². The Morgan fingerprint density at radius 1 is 1.04 bits per heavy atom. The van der Waals surface area contributed by atoms with E-state index in [1.807, 2.05) is 28.8 Å². The second-order valence-corrected chi connectivity index (χ2v) is 8.03. The van der Waals surface area contributed by atoms with Gasteiger partial charge in [-0.25, -0.2) is 12.7 Å². The van der Waals surface area contributed by atoms with Gasteiger partial charge in [-0.15, -0.1) is 10.2 Å². The quantitative estimate of drug-likeness (QED) is 0.658. The first kappa shape index (κ1) is 15.2. The number of carbonyl (C=O) groups is 1. The van der Waals surface area contributed by atoms with Crippen LogP contribution in [0.5, 0.6) is 0 Å². The molecular formula is C15H12N4O3S2. The summed E-state index contributed by atoms with van der Waals surface area (Å²) in [6.07, 6.45) is 1.84. The first-order chi connectivity index (χ1) is 11.6. The number of carbonyl (C=O) groups excluding carboxylic acids is 1. The van der Waals surface area contributed by atoms with E-state index >= 15 is 0 Å². The predicted molar refractivity (Wildman–Crippen MR) is 88.4 cm³/mol. The lowest BCUT2D eigenvalue weighted by atomic mass is 10.2. The molecule has 0 saturated heterocycles. The first-order valence-corrected chi connectivity index (χ1v) is 9.60. The Labute approximate surface area is 142 Å². The van der Waals surface area contributed by atoms with Crippen molar-refractivity contribution in [2.24, 2.45) is 0 Å². The minimum absolute atomic E-state index is 0.0768. The van der Waals surface area contributed by atoms with Crippen molar-refractivity contribution >= 4 is 33.3 Å². The minimum atomic E-state index is -3.75. The Morgan fingerprint density at radius 3 is 2.67 bits per heavy atom. The van der Waals surface area contributed by atoms with Crippen LogP contribution < -0.4 is 0 Å². The van der Waals surface area contributed by atoms with Crippen LogP contribution in [0.4, 0.5) is 0 Å². The summed E-state index contributed by atoms with van der Waals surface area (Å²) in [6, 6.07) is 11.8. The fourth-order valence-corrected chi connectivity index (χ4v) is 5.12. The zero-order chi connectivity index (χ0) is 16.7. The molecule has 1 aliphatic heterocycles. The van der Waals surface area contributed by atoms with Crippen LogP contribution in [-0.2, 0) is 10.0 Å². The fraction of sp³-hybridized carbons (Fsp3) is 0.133. The number of pyridine rings is 1. The van der Waals surface area contributed by atoms with Crippen LogP contribution in [0.15, 0.2) is 58.7 Å². The number of nitrogens with zero attached hydrogens (tertiary/aromatic N) is 4. The van der Waals surface area contributed by atoms with Crippen molar-refractivity contribution < 1.29 is 13.2 Å². The van der Waals surface area contributed by atoms with Gasteiger partial charge in [0.1, 0.15) is 4.90 Å². The minimum Gasteiger partial charge on any atom is -0.277 e. The molecule has 9 heteroatoms. The van der Waals surface area contributed by atoms with Gasteiger partial charge in [-0.2, -0.15) is 0 Å². The molecule has 0 spiro atoms. The van der Waals surface area contributed by atoms with Crippen LogP contribution in [0.2, 0.25) is 0 Å². The topological polar surface area (TPSA) is 84.6 Å². The monoisotopic (exact) mass is 360 g/mol. The number of aromatic nitrogens is 3. The largest absolute Gasteiger partial charge is 0.277 e. The van der Waals surface area contributed by atoms with E-state index in [0.29, 0.717) is 10.9 Å². The molecule has 122 valence electrons. The van der Waals surface area contributed by atoms with Gasteiger partial charge >= 0.3 is 0 Å². The molecule has 1 amide bonds. The molecule has 3 aromatic rings. The lowest BCUT2D eigenvalue weighted by molar-refractivity contribution is 0.0876. The van der Waals surface area contributed by atoms with Gasteiger partial charge in [-0.3, -0.25) is 9.20 Å². The van der Waals surface area contributed by atoms with Crippen LogP contribution in [0.25, 0.3) is 5.65 Å². The summed E-state index contributed by atoms with van der Waals surface area (Å²) in [5.74, 6) is -0.0773. The van der Waals surface area contributed by atoms with Crippen LogP contribution in [0.3, 0.4) is 0 Å². The van der Waals surface area contributed by atoms with E-state index in [2.05, 4.69) is 10.2 Å². The van der Waals surface area contributed by atoms with Crippen molar-refractivity contribution in [1.82, 2.24) is 18.9 Å². The van der Waals surface area contributed by atoms with Gasteiger partial charge in [0.15, 0.2) is 10.8 Å². The highest BCUT2D eigenvalue weighted by Crippen LogP contribution is 2.30. The maximum absolute atomic E-state index is 12.5. The highest BCUT2D eigenvalue weighted by Gasteiger charge is 2.40. The van der Waals surface area contributed by atoms with Gasteiger partial charge in [0.05, 0.1) is 5.56 Å². The molecule has 0 aliphatic carbocycles. The van der Waals surface area contributed by atoms with Crippen molar-refractivity contribution in [2.75, 3.05) is 12.3 Å². The molecule has 0 saturated carbocycles. The van der Waals surface area contributed by atoms with Crippen LogP contribution in [0.1, 0.15) is 10.4 Å². The molecule has 1 aromatic carbocycles. The standard InChI is InChI=1S/C15H12N4O3S2/c20-14-11-5-1-2-6-12(11)24(21,22)19(14)9-10-23-15-17-16-13-7-3-4-8-18(13)15/h1-8H,9-10H2. The van der Waals surface area contributed by atoms with E-state index in [0.717, 1.165) is 9.95 Å². The molecule has 0 bridgehead atoms. The molecule has 7 nitrogen and oxygen atoms in total. The van der Waals surface area contributed by atoms with Crippen molar-refractivity contribution in [1.29, 1.82) is 0 Å². The first-order valence-electron chi connectivity index (χ1n) is 7.18. The number of hydrogen-bond acceptors (Lipinski definition) is 6. The van der Waals surface area contributed by atoms with Crippen LogP contribution >= 0.6 is 11.8 Å². The zero-order valence-electron chi connectivity index (χ0n) is 12.4. The van der Waals surface area contributed by atoms with Gasteiger partial charge < -0.3 is 0 Å². The average molecular weight is 360 g/mol. The normalized spacial score (nSPS) is 15.8. The van der Waals surface area contributed by atoms with E-state index in [-0.39, 0.29) is 17.0 Å². The van der Waals surface area contributed by atoms with E-state index < -0.39 is 15.9 Å². The van der Waals surface area contributed by atoms with Gasteiger partial charge in [0.25, 0.3) is 15.9 Å². The Kier molecular flexibility index (Phi) is 3.54. The van der Waals surface area contributed by atoms with E-state index in [1.54, 1.807) is 12.1 Å². The van der Waals surface area contributed by atoms with Gasteiger partial charge in [-0.05, 0) is 24.3 Å². The third kappa shape index (κ3) is 2.28. The smallest absolute Gasteiger partial charge is 0.269 e. The summed E-state index contributed by atoms with van der Waals surface area (Å²) in [6.45, 7) is 0.0856. The molecule has 2 aromatic heterocycles. The number of fused-ring (bicyclic) bond motifs is 2. The molecule has 4 rings (SSSR count). The van der Waals surface area contributed by atoms with Crippen molar-refractivity contribution in [3.63, 3.8) is 0 Å². The second-order valence-electron chi connectivity index (χ2n) is 5.14. The number of benzene rings is 1. The molecule has 1 aliphatic rings. The van der Waals surface area contributed by atoms with Crippen LogP contribution in [0, 0.1) is 0 Å². The summed E-state index contributed by atoms with van der Waals surface area (Å²) in [5.41, 5.74) is 0.952. The molecule has 0 unspecified atom stereocenters. The van der Waals surface area contributed by atoms with E-state index in [4.69, 9.17) is 0 Å². The maximum atomic E-state index is 12.5. The highest BCUT2D eigenvalue weighted by molar-refractivity contribution is 7.99. The lowest BCUT2D eigenvalue weighted by Crippen LogP contribution is -2.32. The Hall–Kier alpha value is -2.39.